The quantitative estimate of drug-likeness (QED) is 0.878. The van der Waals surface area contributed by atoms with E-state index in [2.05, 4.69) is 11.4 Å². The summed E-state index contributed by atoms with van der Waals surface area (Å²) in [6.45, 7) is 2.24. The van der Waals surface area contributed by atoms with Crippen LogP contribution in [0.1, 0.15) is 27.4 Å². The first kappa shape index (κ1) is 12.7. The fourth-order valence-electron chi connectivity index (χ4n) is 1.67. The highest BCUT2D eigenvalue weighted by Gasteiger charge is 2.09. The predicted octanol–water partition coefficient (Wildman–Crippen LogP) is 2.77. The Bertz CT molecular complexity index is 653. The first-order chi connectivity index (χ1) is 9.10. The smallest absolute Gasteiger partial charge is 0.371 e. The number of aromatic carboxylic acids is 1. The van der Waals surface area contributed by atoms with Gasteiger partial charge in [-0.1, -0.05) is 6.07 Å². The fraction of sp³-hybridized carbons (Fsp3) is 0.143. The number of hydrogen-bond acceptors (Lipinski definition) is 4. The zero-order chi connectivity index (χ0) is 13.8. The summed E-state index contributed by atoms with van der Waals surface area (Å²) in [5.74, 6) is -0.692. The Kier molecular flexibility index (Phi) is 3.53. The largest absolute Gasteiger partial charge is 0.475 e. The summed E-state index contributed by atoms with van der Waals surface area (Å²) in [5.41, 5.74) is 2.25. The van der Waals surface area contributed by atoms with Gasteiger partial charge in [-0.2, -0.15) is 5.26 Å². The molecule has 0 unspecified atom stereocenters. The summed E-state index contributed by atoms with van der Waals surface area (Å²) in [6.07, 6.45) is 0. The van der Waals surface area contributed by atoms with Crippen molar-refractivity contribution in [3.8, 4) is 6.07 Å². The number of aryl methyl sites for hydroxylation is 1. The molecule has 96 valence electrons. The number of carboxylic acids is 1. The number of benzene rings is 1. The molecule has 0 saturated carbocycles. The number of carboxylic acid groups (broad SMARTS) is 1. The maximum absolute atomic E-state index is 10.7. The van der Waals surface area contributed by atoms with Crippen LogP contribution >= 0.6 is 0 Å². The van der Waals surface area contributed by atoms with Crippen LogP contribution in [0.15, 0.2) is 34.7 Å². The van der Waals surface area contributed by atoms with Crippen LogP contribution in [-0.4, -0.2) is 11.1 Å². The second-order valence-corrected chi connectivity index (χ2v) is 4.09. The van der Waals surface area contributed by atoms with Gasteiger partial charge in [0.2, 0.25) is 5.76 Å². The van der Waals surface area contributed by atoms with Crippen LogP contribution in [0.4, 0.5) is 5.69 Å². The second kappa shape index (κ2) is 5.27. The van der Waals surface area contributed by atoms with Gasteiger partial charge in [-0.15, -0.1) is 0 Å². The molecule has 2 N–H and O–H groups in total. The van der Waals surface area contributed by atoms with Crippen LogP contribution in [0.2, 0.25) is 0 Å². The van der Waals surface area contributed by atoms with Crippen LogP contribution in [0.25, 0.3) is 0 Å². The predicted molar refractivity (Wildman–Crippen MR) is 68.9 cm³/mol. The lowest BCUT2D eigenvalue weighted by Crippen LogP contribution is -2.00. The second-order valence-electron chi connectivity index (χ2n) is 4.09. The molecule has 0 aliphatic heterocycles. The van der Waals surface area contributed by atoms with E-state index in [-0.39, 0.29) is 5.76 Å². The third kappa shape index (κ3) is 2.93. The molecule has 0 radical (unpaired) electrons. The summed E-state index contributed by atoms with van der Waals surface area (Å²) >= 11 is 0. The molecule has 0 atom stereocenters. The van der Waals surface area contributed by atoms with Crippen molar-refractivity contribution in [2.45, 2.75) is 13.5 Å². The van der Waals surface area contributed by atoms with E-state index >= 15 is 0 Å². The third-order valence-corrected chi connectivity index (χ3v) is 2.62. The Morgan fingerprint density at radius 3 is 2.84 bits per heavy atom. The molecule has 0 aliphatic rings. The Morgan fingerprint density at radius 1 is 1.42 bits per heavy atom. The highest BCUT2D eigenvalue weighted by Crippen LogP contribution is 2.18. The summed E-state index contributed by atoms with van der Waals surface area (Å²) in [6, 6.07) is 10.6. The summed E-state index contributed by atoms with van der Waals surface area (Å²) in [5, 5.41) is 20.8. The number of furan rings is 1. The third-order valence-electron chi connectivity index (χ3n) is 2.62. The van der Waals surface area contributed by atoms with Gasteiger partial charge >= 0.3 is 5.97 Å². The van der Waals surface area contributed by atoms with Gasteiger partial charge < -0.3 is 14.8 Å². The van der Waals surface area contributed by atoms with Crippen molar-refractivity contribution < 1.29 is 14.3 Å². The molecular weight excluding hydrogens is 244 g/mol. The number of nitrogens with zero attached hydrogens (tertiary/aromatic N) is 1. The number of rotatable bonds is 4. The van der Waals surface area contributed by atoms with Crippen molar-refractivity contribution >= 4 is 11.7 Å². The van der Waals surface area contributed by atoms with Gasteiger partial charge in [0, 0.05) is 0 Å². The molecule has 1 aromatic heterocycles. The van der Waals surface area contributed by atoms with Crippen molar-refractivity contribution in [2.24, 2.45) is 0 Å². The Balaban J connectivity index is 2.10. The number of anilines is 1. The van der Waals surface area contributed by atoms with Gasteiger partial charge in [-0.05, 0) is 36.8 Å². The minimum atomic E-state index is -1.10. The van der Waals surface area contributed by atoms with E-state index in [0.717, 1.165) is 5.56 Å². The van der Waals surface area contributed by atoms with E-state index in [4.69, 9.17) is 14.8 Å². The maximum Gasteiger partial charge on any atom is 0.371 e. The molecule has 0 saturated heterocycles. The fourth-order valence-corrected chi connectivity index (χ4v) is 1.67. The number of carbonyl (C=O) groups is 1. The molecule has 1 heterocycles. The highest BCUT2D eigenvalue weighted by molar-refractivity contribution is 5.84. The standard InChI is InChI=1S/C14H12N2O3/c1-9-2-4-12(10(6-9)7-15)16-8-11-3-5-13(19-11)14(17)18/h2-6,16H,8H2,1H3,(H,17,18). The summed E-state index contributed by atoms with van der Waals surface area (Å²) in [4.78, 5) is 10.7. The zero-order valence-corrected chi connectivity index (χ0v) is 10.3. The van der Waals surface area contributed by atoms with Crippen molar-refractivity contribution in [2.75, 3.05) is 5.32 Å². The lowest BCUT2D eigenvalue weighted by atomic mass is 10.1. The average Bonchev–Trinajstić information content (AvgIpc) is 2.86. The average molecular weight is 256 g/mol. The van der Waals surface area contributed by atoms with Crippen molar-refractivity contribution in [3.05, 3.63) is 53.0 Å². The molecule has 0 bridgehead atoms. The van der Waals surface area contributed by atoms with Gasteiger partial charge in [0.1, 0.15) is 11.8 Å². The first-order valence-corrected chi connectivity index (χ1v) is 5.67. The SMILES string of the molecule is Cc1ccc(NCc2ccc(C(=O)O)o2)c(C#N)c1. The Hall–Kier alpha value is -2.74. The number of nitrogens with one attached hydrogen (secondary N) is 1. The number of nitriles is 1. The molecule has 5 nitrogen and oxygen atoms in total. The molecule has 19 heavy (non-hydrogen) atoms. The molecular formula is C14H12N2O3. The Labute approximate surface area is 110 Å². The van der Waals surface area contributed by atoms with Crippen LogP contribution in [0, 0.1) is 18.3 Å². The van der Waals surface area contributed by atoms with E-state index in [1.165, 1.54) is 6.07 Å². The molecule has 2 aromatic rings. The van der Waals surface area contributed by atoms with Crippen LogP contribution in [0.3, 0.4) is 0 Å². The monoisotopic (exact) mass is 256 g/mol. The normalized spacial score (nSPS) is 9.89. The van der Waals surface area contributed by atoms with Gasteiger partial charge in [0.15, 0.2) is 0 Å². The minimum absolute atomic E-state index is 0.0961. The molecule has 0 aliphatic carbocycles. The molecule has 1 aromatic carbocycles. The van der Waals surface area contributed by atoms with Crippen LogP contribution in [-0.2, 0) is 6.54 Å². The molecule has 0 spiro atoms. The first-order valence-electron chi connectivity index (χ1n) is 5.67. The van der Waals surface area contributed by atoms with Gasteiger partial charge in [-0.25, -0.2) is 4.79 Å². The maximum atomic E-state index is 10.7. The van der Waals surface area contributed by atoms with Crippen molar-refractivity contribution in [1.29, 1.82) is 5.26 Å². The van der Waals surface area contributed by atoms with E-state index in [0.29, 0.717) is 23.6 Å². The highest BCUT2D eigenvalue weighted by atomic mass is 16.4. The van der Waals surface area contributed by atoms with Gasteiger partial charge in [-0.3, -0.25) is 0 Å². The lowest BCUT2D eigenvalue weighted by Gasteiger charge is -2.07. The van der Waals surface area contributed by atoms with Crippen molar-refractivity contribution in [3.63, 3.8) is 0 Å². The lowest BCUT2D eigenvalue weighted by molar-refractivity contribution is 0.0660. The topological polar surface area (TPSA) is 86.3 Å². The summed E-state index contributed by atoms with van der Waals surface area (Å²) < 4.78 is 5.12. The zero-order valence-electron chi connectivity index (χ0n) is 10.3. The van der Waals surface area contributed by atoms with Crippen LogP contribution in [0.5, 0.6) is 0 Å². The van der Waals surface area contributed by atoms with Gasteiger partial charge in [0.05, 0.1) is 17.8 Å². The minimum Gasteiger partial charge on any atom is -0.475 e. The van der Waals surface area contributed by atoms with Crippen LogP contribution < -0.4 is 5.32 Å². The van der Waals surface area contributed by atoms with E-state index < -0.39 is 5.97 Å². The van der Waals surface area contributed by atoms with Crippen molar-refractivity contribution in [1.82, 2.24) is 0 Å². The molecule has 0 amide bonds. The molecule has 0 fully saturated rings. The van der Waals surface area contributed by atoms with Gasteiger partial charge in [0.25, 0.3) is 0 Å². The molecule has 5 heteroatoms. The number of hydrogen-bond donors (Lipinski definition) is 2. The van der Waals surface area contributed by atoms with E-state index in [1.54, 1.807) is 12.1 Å². The summed E-state index contributed by atoms with van der Waals surface area (Å²) in [7, 11) is 0. The van der Waals surface area contributed by atoms with E-state index in [1.807, 2.05) is 19.1 Å². The Morgan fingerprint density at radius 2 is 2.21 bits per heavy atom. The van der Waals surface area contributed by atoms with E-state index in [9.17, 15) is 4.79 Å². The molecule has 2 rings (SSSR count).